The summed E-state index contributed by atoms with van der Waals surface area (Å²) >= 11 is 0. The van der Waals surface area contributed by atoms with Crippen LogP contribution in [0.3, 0.4) is 0 Å². The summed E-state index contributed by atoms with van der Waals surface area (Å²) in [6.07, 6.45) is 0. The molecule has 0 aliphatic carbocycles. The van der Waals surface area contributed by atoms with Crippen molar-refractivity contribution in [3.63, 3.8) is 0 Å². The molecule has 0 fully saturated rings. The van der Waals surface area contributed by atoms with E-state index in [1.165, 1.54) is 0 Å². The van der Waals surface area contributed by atoms with Gasteiger partial charge in [-0.3, -0.25) is 0 Å². The lowest BCUT2D eigenvalue weighted by Crippen LogP contribution is -2.23. The maximum atomic E-state index is 11.3. The molecule has 0 amide bonds. The van der Waals surface area contributed by atoms with E-state index < -0.39 is 0 Å². The minimum absolute atomic E-state index is 0.531. The molecule has 1 aliphatic heterocycles. The van der Waals surface area contributed by atoms with E-state index in [2.05, 4.69) is 11.8 Å². The second kappa shape index (κ2) is 7.57. The monoisotopic (exact) mass is 235 g/mol. The minimum Gasteiger partial charge on any atom is -0.718 e. The minimum atomic E-state index is 0.531. The fourth-order valence-corrected chi connectivity index (χ4v) is 1.27. The summed E-state index contributed by atoms with van der Waals surface area (Å²) in [5.41, 5.74) is 1.31. The molecule has 1 aliphatic rings. The van der Waals surface area contributed by atoms with Gasteiger partial charge in [0.2, 0.25) is 0 Å². The molecule has 0 aromatic heterocycles. The maximum Gasteiger partial charge on any atom is 0.324 e. The molecule has 0 N–H and O–H groups in total. The lowest BCUT2D eigenvalue weighted by molar-refractivity contribution is -0.297. The van der Waals surface area contributed by atoms with Gasteiger partial charge >= 0.3 is 5.84 Å². The third-order valence-corrected chi connectivity index (χ3v) is 2.00. The van der Waals surface area contributed by atoms with Crippen LogP contribution in [-0.4, -0.2) is 17.1 Å². The van der Waals surface area contributed by atoms with E-state index >= 15 is 0 Å². The zero-order valence-electron chi connectivity index (χ0n) is 11.3. The molecule has 0 saturated carbocycles. The van der Waals surface area contributed by atoms with E-state index in [0.717, 1.165) is 5.69 Å². The SMILES string of the molecule is C=[N+]1C(C)=NN([O-])c2ccccc21.CC.CC. The van der Waals surface area contributed by atoms with Crippen molar-refractivity contribution >= 4 is 23.9 Å². The van der Waals surface area contributed by atoms with E-state index in [9.17, 15) is 5.21 Å². The van der Waals surface area contributed by atoms with Crippen LogP contribution in [0.4, 0.5) is 11.4 Å². The first-order chi connectivity index (χ1) is 8.20. The Morgan fingerprint density at radius 3 is 2.29 bits per heavy atom. The molecule has 0 radical (unpaired) electrons. The summed E-state index contributed by atoms with van der Waals surface area (Å²) in [6.45, 7) is 13.5. The van der Waals surface area contributed by atoms with E-state index in [1.54, 1.807) is 23.6 Å². The third kappa shape index (κ3) is 3.39. The van der Waals surface area contributed by atoms with Crippen LogP contribution < -0.4 is 5.17 Å². The van der Waals surface area contributed by atoms with Gasteiger partial charge in [-0.2, -0.15) is 0 Å². The Morgan fingerprint density at radius 1 is 1.18 bits per heavy atom. The number of benzene rings is 1. The predicted octanol–water partition coefficient (Wildman–Crippen LogP) is 3.73. The number of para-hydroxylation sites is 2. The highest BCUT2D eigenvalue weighted by molar-refractivity contribution is 5.83. The Hall–Kier alpha value is -1.68. The highest BCUT2D eigenvalue weighted by Gasteiger charge is 2.21. The number of fused-ring (bicyclic) bond motifs is 1. The Balaban J connectivity index is 0.000000581. The summed E-state index contributed by atoms with van der Waals surface area (Å²) in [7, 11) is 0. The Morgan fingerprint density at radius 2 is 1.71 bits per heavy atom. The Bertz CT molecular complexity index is 399. The molecular formula is C13H21N3O. The van der Waals surface area contributed by atoms with Crippen molar-refractivity contribution < 1.29 is 4.58 Å². The lowest BCUT2D eigenvalue weighted by atomic mass is 10.2. The summed E-state index contributed by atoms with van der Waals surface area (Å²) in [4.78, 5) is 0. The lowest BCUT2D eigenvalue weighted by Gasteiger charge is -2.23. The van der Waals surface area contributed by atoms with Crippen LogP contribution in [0, 0.1) is 5.21 Å². The van der Waals surface area contributed by atoms with Gasteiger partial charge in [-0.25, -0.2) is 9.75 Å². The highest BCUT2D eigenvalue weighted by atomic mass is 16.5. The van der Waals surface area contributed by atoms with Crippen LogP contribution in [0.1, 0.15) is 34.6 Å². The van der Waals surface area contributed by atoms with Crippen LogP contribution in [0.15, 0.2) is 29.4 Å². The van der Waals surface area contributed by atoms with Gasteiger partial charge < -0.3 is 5.21 Å². The topological polar surface area (TPSA) is 41.7 Å². The van der Waals surface area contributed by atoms with Gasteiger partial charge in [0.1, 0.15) is 5.69 Å². The van der Waals surface area contributed by atoms with Crippen molar-refractivity contribution in [1.82, 2.24) is 0 Å². The Labute approximate surface area is 103 Å². The van der Waals surface area contributed by atoms with E-state index in [0.29, 0.717) is 16.7 Å². The number of nitrogens with zero attached hydrogens (tertiary/aromatic N) is 3. The maximum absolute atomic E-state index is 11.3. The first-order valence-electron chi connectivity index (χ1n) is 5.92. The van der Waals surface area contributed by atoms with Gasteiger partial charge in [-0.05, 0) is 12.1 Å². The quantitative estimate of drug-likeness (QED) is 0.643. The smallest absolute Gasteiger partial charge is 0.324 e. The van der Waals surface area contributed by atoms with Crippen molar-refractivity contribution in [2.75, 3.05) is 5.17 Å². The van der Waals surface area contributed by atoms with Gasteiger partial charge in [0.15, 0.2) is 5.69 Å². The number of hydrogen-bond donors (Lipinski definition) is 0. The van der Waals surface area contributed by atoms with E-state index in [1.807, 2.05) is 39.8 Å². The zero-order valence-corrected chi connectivity index (χ0v) is 11.3. The summed E-state index contributed by atoms with van der Waals surface area (Å²) in [6, 6.07) is 7.22. The molecule has 4 nitrogen and oxygen atoms in total. The number of hydrazone groups is 1. The predicted molar refractivity (Wildman–Crippen MR) is 75.1 cm³/mol. The van der Waals surface area contributed by atoms with Crippen LogP contribution in [0.5, 0.6) is 0 Å². The van der Waals surface area contributed by atoms with Gasteiger partial charge in [0.25, 0.3) is 0 Å². The number of hydrogen-bond acceptors (Lipinski definition) is 3. The number of anilines is 1. The fourth-order valence-electron chi connectivity index (χ4n) is 1.27. The normalized spacial score (nSPS) is 12.5. The second-order valence-corrected chi connectivity index (χ2v) is 2.84. The molecule has 0 unspecified atom stereocenters. The standard InChI is InChI=1S/C9H9N3O.2C2H6/c1-7-10-12(13)9-6-4-3-5-8(9)11(7)2;2*1-2/h3-6H,2H2,1H3;2*1-2H3. The van der Waals surface area contributed by atoms with Gasteiger partial charge in [0, 0.05) is 12.0 Å². The van der Waals surface area contributed by atoms with Crippen molar-refractivity contribution in [2.45, 2.75) is 34.6 Å². The Kier molecular flexibility index (Phi) is 6.82. The van der Waals surface area contributed by atoms with E-state index in [-0.39, 0.29) is 0 Å². The summed E-state index contributed by atoms with van der Waals surface area (Å²) in [5, 5.41) is 15.7. The van der Waals surface area contributed by atoms with Crippen molar-refractivity contribution in [3.05, 3.63) is 29.5 Å². The van der Waals surface area contributed by atoms with Crippen molar-refractivity contribution in [2.24, 2.45) is 5.10 Å². The average molecular weight is 235 g/mol. The van der Waals surface area contributed by atoms with Crippen LogP contribution in [0.2, 0.25) is 0 Å². The van der Waals surface area contributed by atoms with Crippen molar-refractivity contribution in [1.29, 1.82) is 0 Å². The second-order valence-electron chi connectivity index (χ2n) is 2.84. The molecule has 0 atom stereocenters. The summed E-state index contributed by atoms with van der Waals surface area (Å²) < 4.78 is 1.64. The molecule has 0 bridgehead atoms. The number of amidine groups is 1. The van der Waals surface area contributed by atoms with Crippen LogP contribution in [0.25, 0.3) is 0 Å². The van der Waals surface area contributed by atoms with Gasteiger partial charge in [0.05, 0.1) is 6.72 Å². The first-order valence-corrected chi connectivity index (χ1v) is 5.92. The summed E-state index contributed by atoms with van der Waals surface area (Å²) in [5.74, 6) is 0.591. The molecule has 17 heavy (non-hydrogen) atoms. The largest absolute Gasteiger partial charge is 0.718 e. The average Bonchev–Trinajstić information content (AvgIpc) is 2.41. The highest BCUT2D eigenvalue weighted by Crippen LogP contribution is 2.30. The van der Waals surface area contributed by atoms with E-state index in [4.69, 9.17) is 0 Å². The fraction of sp³-hybridized carbons (Fsp3) is 0.385. The first kappa shape index (κ1) is 15.3. The van der Waals surface area contributed by atoms with Gasteiger partial charge in [-0.1, -0.05) is 39.8 Å². The van der Waals surface area contributed by atoms with Crippen molar-refractivity contribution in [3.8, 4) is 0 Å². The molecule has 1 aromatic rings. The molecule has 2 rings (SSSR count). The molecule has 4 heteroatoms. The van der Waals surface area contributed by atoms with Crippen LogP contribution in [-0.2, 0) is 0 Å². The number of rotatable bonds is 0. The molecule has 1 heterocycles. The molecule has 0 spiro atoms. The molecule has 94 valence electrons. The molecule has 1 aromatic carbocycles. The third-order valence-electron chi connectivity index (χ3n) is 2.00. The van der Waals surface area contributed by atoms with Gasteiger partial charge in [-0.15, -0.1) is 0 Å². The molecule has 0 saturated heterocycles. The molecular weight excluding hydrogens is 214 g/mol. The van der Waals surface area contributed by atoms with Crippen LogP contribution >= 0.6 is 0 Å². The zero-order chi connectivity index (χ0) is 13.4.